The van der Waals surface area contributed by atoms with E-state index in [1.807, 2.05) is 37.3 Å². The number of hydrogen-bond donors (Lipinski definition) is 1. The Balaban J connectivity index is 1.47. The molecule has 30 heavy (non-hydrogen) atoms. The van der Waals surface area contributed by atoms with Crippen LogP contribution >= 0.6 is 35.3 Å². The van der Waals surface area contributed by atoms with Crippen LogP contribution in [0, 0.1) is 6.92 Å². The van der Waals surface area contributed by atoms with Crippen LogP contribution in [-0.2, 0) is 16.0 Å². The van der Waals surface area contributed by atoms with Crippen molar-refractivity contribution in [3.05, 3.63) is 45.3 Å². The third-order valence-electron chi connectivity index (χ3n) is 4.49. The highest BCUT2D eigenvalue weighted by molar-refractivity contribution is 8.26. The normalized spacial score (nSPS) is 15.3. The molecule has 0 atom stereocenters. The number of anilines is 1. The van der Waals surface area contributed by atoms with Crippen molar-refractivity contribution in [1.29, 1.82) is 0 Å². The monoisotopic (exact) mass is 460 g/mol. The number of nitrogens with zero attached hydrogens (tertiary/aromatic N) is 3. The molecule has 0 spiro atoms. The van der Waals surface area contributed by atoms with Crippen LogP contribution in [0.1, 0.15) is 48.7 Å². The van der Waals surface area contributed by atoms with Gasteiger partial charge in [0, 0.05) is 19.4 Å². The van der Waals surface area contributed by atoms with Crippen molar-refractivity contribution in [1.82, 2.24) is 15.1 Å². The minimum Gasteiger partial charge on any atom is -0.301 e. The minimum atomic E-state index is -0.131. The van der Waals surface area contributed by atoms with Crippen LogP contribution in [0.5, 0.6) is 0 Å². The lowest BCUT2D eigenvalue weighted by Gasteiger charge is -2.13. The van der Waals surface area contributed by atoms with Gasteiger partial charge >= 0.3 is 0 Å². The van der Waals surface area contributed by atoms with Crippen LogP contribution in [0.3, 0.4) is 0 Å². The molecular formula is C21H24N4O2S3. The van der Waals surface area contributed by atoms with E-state index in [1.54, 1.807) is 4.90 Å². The van der Waals surface area contributed by atoms with Crippen molar-refractivity contribution < 1.29 is 9.59 Å². The highest BCUT2D eigenvalue weighted by Crippen LogP contribution is 2.32. The van der Waals surface area contributed by atoms with Gasteiger partial charge in [-0.15, -0.1) is 10.2 Å². The number of carbonyl (C=O) groups is 2. The summed E-state index contributed by atoms with van der Waals surface area (Å²) in [5, 5.41) is 12.4. The molecule has 158 valence electrons. The van der Waals surface area contributed by atoms with Gasteiger partial charge in [-0.25, -0.2) is 0 Å². The fourth-order valence-electron chi connectivity index (χ4n) is 2.82. The summed E-state index contributed by atoms with van der Waals surface area (Å²) in [5.74, 6) is -0.232. The lowest BCUT2D eigenvalue weighted by Crippen LogP contribution is -2.29. The molecule has 0 radical (unpaired) electrons. The summed E-state index contributed by atoms with van der Waals surface area (Å²) in [7, 11) is 0. The summed E-state index contributed by atoms with van der Waals surface area (Å²) >= 11 is 8.08. The highest BCUT2D eigenvalue weighted by Gasteiger charge is 2.31. The van der Waals surface area contributed by atoms with E-state index in [0.29, 0.717) is 27.3 Å². The number of nitrogens with one attached hydrogen (secondary N) is 1. The van der Waals surface area contributed by atoms with Crippen molar-refractivity contribution >= 4 is 62.7 Å². The van der Waals surface area contributed by atoms with Crippen molar-refractivity contribution in [3.8, 4) is 0 Å². The predicted octanol–water partition coefficient (Wildman–Crippen LogP) is 4.81. The van der Waals surface area contributed by atoms with Gasteiger partial charge in [-0.1, -0.05) is 78.5 Å². The second kappa shape index (κ2) is 10.8. The Morgan fingerprint density at radius 1 is 1.23 bits per heavy atom. The summed E-state index contributed by atoms with van der Waals surface area (Å²) in [6.07, 6.45) is 5.71. The molecule has 1 aliphatic rings. The lowest BCUT2D eigenvalue weighted by atomic mass is 10.1. The molecule has 6 nitrogen and oxygen atoms in total. The van der Waals surface area contributed by atoms with E-state index in [0.717, 1.165) is 29.8 Å². The van der Waals surface area contributed by atoms with Gasteiger partial charge in [0.25, 0.3) is 5.91 Å². The summed E-state index contributed by atoms with van der Waals surface area (Å²) in [5.41, 5.74) is 2.14. The molecule has 3 rings (SSSR count). The maximum Gasteiger partial charge on any atom is 0.266 e. The summed E-state index contributed by atoms with van der Waals surface area (Å²) in [6.45, 7) is 4.57. The molecule has 2 aromatic rings. The Labute approximate surface area is 190 Å². The quantitative estimate of drug-likeness (QED) is 0.428. The largest absolute Gasteiger partial charge is 0.301 e. The number of aromatic nitrogens is 2. The van der Waals surface area contributed by atoms with Gasteiger partial charge in [-0.2, -0.15) is 0 Å². The van der Waals surface area contributed by atoms with Gasteiger partial charge in [0.2, 0.25) is 11.0 Å². The molecule has 1 aromatic carbocycles. The molecular weight excluding hydrogens is 436 g/mol. The Morgan fingerprint density at radius 2 is 2.00 bits per heavy atom. The van der Waals surface area contributed by atoms with Crippen LogP contribution in [0.2, 0.25) is 0 Å². The maximum absolute atomic E-state index is 12.7. The second-order valence-corrected chi connectivity index (χ2v) is 9.74. The average molecular weight is 461 g/mol. The summed E-state index contributed by atoms with van der Waals surface area (Å²) in [6, 6.07) is 7.98. The molecule has 1 aliphatic heterocycles. The van der Waals surface area contributed by atoms with Gasteiger partial charge in [-0.3, -0.25) is 14.5 Å². The van der Waals surface area contributed by atoms with Gasteiger partial charge < -0.3 is 5.32 Å². The van der Waals surface area contributed by atoms with Crippen LogP contribution < -0.4 is 5.32 Å². The van der Waals surface area contributed by atoms with E-state index in [4.69, 9.17) is 12.2 Å². The zero-order valence-electron chi connectivity index (χ0n) is 17.0. The van der Waals surface area contributed by atoms with E-state index >= 15 is 0 Å². The smallest absolute Gasteiger partial charge is 0.266 e. The average Bonchev–Trinajstić information content (AvgIpc) is 3.27. The Hall–Kier alpha value is -2.10. The molecule has 1 N–H and O–H groups in total. The zero-order chi connectivity index (χ0) is 21.5. The van der Waals surface area contributed by atoms with E-state index in [-0.39, 0.29) is 18.2 Å². The first-order valence-corrected chi connectivity index (χ1v) is 11.9. The van der Waals surface area contributed by atoms with E-state index in [1.165, 1.54) is 28.7 Å². The number of benzene rings is 1. The summed E-state index contributed by atoms with van der Waals surface area (Å²) in [4.78, 5) is 27.0. The number of thiocarbonyl (C=S) groups is 1. The first-order chi connectivity index (χ1) is 14.5. The first kappa shape index (κ1) is 22.6. The van der Waals surface area contributed by atoms with Crippen molar-refractivity contribution in [2.45, 2.75) is 46.0 Å². The van der Waals surface area contributed by atoms with Crippen LogP contribution in [0.15, 0.2) is 29.2 Å². The van der Waals surface area contributed by atoms with E-state index in [2.05, 4.69) is 22.4 Å². The fraction of sp³-hybridized carbons (Fsp3) is 0.381. The number of carbonyl (C=O) groups excluding carboxylic acids is 2. The lowest BCUT2D eigenvalue weighted by molar-refractivity contribution is -0.122. The highest BCUT2D eigenvalue weighted by atomic mass is 32.2. The number of thioether (sulfide) groups is 1. The fourth-order valence-corrected chi connectivity index (χ4v) is 4.93. The molecule has 1 aromatic heterocycles. The predicted molar refractivity (Wildman–Crippen MR) is 127 cm³/mol. The molecule has 0 unspecified atom stereocenters. The number of aryl methyl sites for hydroxylation is 2. The van der Waals surface area contributed by atoms with Crippen LogP contribution in [0.4, 0.5) is 5.13 Å². The molecule has 0 saturated carbocycles. The van der Waals surface area contributed by atoms with Crippen molar-refractivity contribution in [3.63, 3.8) is 0 Å². The van der Waals surface area contributed by atoms with E-state index < -0.39 is 0 Å². The van der Waals surface area contributed by atoms with Crippen LogP contribution in [-0.4, -0.2) is 37.8 Å². The first-order valence-electron chi connectivity index (χ1n) is 9.90. The van der Waals surface area contributed by atoms with E-state index in [9.17, 15) is 9.59 Å². The number of amides is 2. The number of unbranched alkanes of at least 4 members (excludes halogenated alkanes) is 1. The number of rotatable bonds is 9. The topological polar surface area (TPSA) is 75.2 Å². The Bertz CT molecular complexity index is 953. The molecule has 0 aliphatic carbocycles. The molecule has 2 amide bonds. The third-order valence-corrected chi connectivity index (χ3v) is 6.77. The maximum atomic E-state index is 12.7. The molecule has 0 bridgehead atoms. The van der Waals surface area contributed by atoms with Gasteiger partial charge in [0.1, 0.15) is 9.33 Å². The van der Waals surface area contributed by atoms with Gasteiger partial charge in [-0.05, 0) is 31.4 Å². The molecule has 1 saturated heterocycles. The van der Waals surface area contributed by atoms with Crippen LogP contribution in [0.25, 0.3) is 6.08 Å². The number of hydrogen-bond acceptors (Lipinski definition) is 7. The third kappa shape index (κ3) is 6.20. The molecule has 1 fully saturated rings. The van der Waals surface area contributed by atoms with Crippen molar-refractivity contribution in [2.24, 2.45) is 0 Å². The summed E-state index contributed by atoms with van der Waals surface area (Å²) < 4.78 is 0.531. The Morgan fingerprint density at radius 3 is 2.73 bits per heavy atom. The van der Waals surface area contributed by atoms with Gasteiger partial charge in [0.15, 0.2) is 0 Å². The van der Waals surface area contributed by atoms with Crippen molar-refractivity contribution in [2.75, 3.05) is 11.9 Å². The molecule has 2 heterocycles. The zero-order valence-corrected chi connectivity index (χ0v) is 19.5. The SMILES string of the molecule is CCCCc1nnc(NC(=O)CCCN2C(=O)/C(=C\c3ccc(C)cc3)SC2=S)s1. The second-order valence-electron chi connectivity index (χ2n) is 7.00. The molecule has 9 heteroatoms. The standard InChI is InChI=1S/C21H24N4O2S3/c1-3-4-7-18-23-24-20(30-18)22-17(26)6-5-12-25-19(27)16(29-21(25)28)13-15-10-8-14(2)9-11-15/h8-11,13H,3-7,12H2,1-2H3,(H,22,24,26)/b16-13+. The minimum absolute atomic E-state index is 0.101. The van der Waals surface area contributed by atoms with Gasteiger partial charge in [0.05, 0.1) is 4.91 Å². The Kier molecular flexibility index (Phi) is 8.12.